The molecular formula is C46H73N7O10. The Balaban J connectivity index is 1.38. The van der Waals surface area contributed by atoms with E-state index in [4.69, 9.17) is 34.2 Å². The molecule has 4 heterocycles. The maximum Gasteiger partial charge on any atom is 0.410 e. The van der Waals surface area contributed by atoms with Crippen molar-refractivity contribution in [2.45, 2.75) is 147 Å². The van der Waals surface area contributed by atoms with Crippen molar-refractivity contribution >= 4 is 23.5 Å². The lowest BCUT2D eigenvalue weighted by Gasteiger charge is -2.47. The van der Waals surface area contributed by atoms with Gasteiger partial charge in [0.25, 0.3) is 0 Å². The summed E-state index contributed by atoms with van der Waals surface area (Å²) in [6.45, 7) is 18.7. The third kappa shape index (κ3) is 11.7. The van der Waals surface area contributed by atoms with Crippen molar-refractivity contribution in [3.05, 3.63) is 43.1 Å². The van der Waals surface area contributed by atoms with Crippen LogP contribution >= 0.6 is 0 Å². The first kappa shape index (κ1) is 50.0. The number of nitrogens with two attached hydrogens (primary N) is 1. The van der Waals surface area contributed by atoms with Crippen LogP contribution in [0.25, 0.3) is 11.3 Å². The number of nitrogen functional groups attached to an aromatic ring is 1. The van der Waals surface area contributed by atoms with Crippen molar-refractivity contribution in [2.75, 3.05) is 53.2 Å². The molecule has 17 nitrogen and oxygen atoms in total. The van der Waals surface area contributed by atoms with Crippen molar-refractivity contribution in [2.24, 2.45) is 17.8 Å². The van der Waals surface area contributed by atoms with Gasteiger partial charge in [-0.2, -0.15) is 0 Å². The first-order chi connectivity index (χ1) is 29.9. The summed E-state index contributed by atoms with van der Waals surface area (Å²) in [7, 11) is 5.34. The highest BCUT2D eigenvalue weighted by atomic mass is 16.7. The Bertz CT molecular complexity index is 1850. The molecule has 17 heteroatoms. The number of anilines is 1. The number of amides is 1. The fourth-order valence-electron chi connectivity index (χ4n) is 9.73. The number of ketones is 1. The summed E-state index contributed by atoms with van der Waals surface area (Å²) in [5.41, 5.74) is 5.88. The number of unbranched alkanes of at least 4 members (excludes halogenated alkanes) is 1. The topological polar surface area (TPSA) is 202 Å². The number of nitrogens with zero attached hydrogens (tertiary/aromatic N) is 5. The van der Waals surface area contributed by atoms with Crippen molar-refractivity contribution < 1.29 is 47.9 Å². The molecule has 2 unspecified atom stereocenters. The molecule has 1 amide bonds. The fourth-order valence-corrected chi connectivity index (χ4v) is 9.73. The lowest BCUT2D eigenvalue weighted by molar-refractivity contribution is -0.301. The third-order valence-corrected chi connectivity index (χ3v) is 13.2. The molecule has 0 spiro atoms. The van der Waals surface area contributed by atoms with Gasteiger partial charge in [0.05, 0.1) is 43.3 Å². The van der Waals surface area contributed by atoms with Gasteiger partial charge in [0, 0.05) is 49.5 Å². The van der Waals surface area contributed by atoms with Gasteiger partial charge in [-0.15, -0.1) is 11.7 Å². The third-order valence-electron chi connectivity index (χ3n) is 13.2. The smallest absolute Gasteiger partial charge is 0.410 e. The van der Waals surface area contributed by atoms with Crippen LogP contribution in [0.1, 0.15) is 80.6 Å². The number of rotatable bonds is 15. The highest BCUT2D eigenvalue weighted by Gasteiger charge is 2.58. The molecule has 63 heavy (non-hydrogen) atoms. The van der Waals surface area contributed by atoms with Crippen LogP contribution in [0.2, 0.25) is 0 Å². The summed E-state index contributed by atoms with van der Waals surface area (Å²) in [5.74, 6) is -3.31. The summed E-state index contributed by atoms with van der Waals surface area (Å²) in [6, 6.07) is 6.31. The van der Waals surface area contributed by atoms with Gasteiger partial charge in [-0.1, -0.05) is 44.2 Å². The standard InChI is InChI=1S/C46H73N7O10/c1-12-21-59-27-34-23-36(51(9)10)39(55)43(60-34)62-41-29(4)38(54)30(5)42(56)61-37(13-2)46(8)40(31(6)48-25-28(3)24-45(41,7)58-11)53(44(57)63-46)20-15-14-19-52-26-35(49-50-52)32-17-16-18-33(47)22-32/h12,16-18,22,26,28-31,34,36-37,39-41,43,48,55H,1,13-15,19-21,23-25,27,47H2,2-11H3/t28-,29+,30-,31-,34+,36?,37-,39?,40-,41-,43+,45-,46-/m1/s1. The van der Waals surface area contributed by atoms with Crippen molar-refractivity contribution in [1.82, 2.24) is 30.1 Å². The number of hydrogen-bond donors (Lipinski definition) is 3. The Hall–Kier alpha value is -3.97. The molecule has 3 aliphatic heterocycles. The number of aliphatic hydroxyl groups is 1. The quantitative estimate of drug-likeness (QED) is 0.0743. The van der Waals surface area contributed by atoms with Crippen molar-refractivity contribution in [3.8, 4) is 11.3 Å². The number of cyclic esters (lactones) is 1. The molecule has 3 saturated heterocycles. The second-order valence-corrected chi connectivity index (χ2v) is 18.4. The SMILES string of the molecule is C=CCOC[C@@H]1CC(N(C)C)C(O)[C@H](O[C@@H]2[C@@H](C)C(=O)[C@@H](C)C(=O)O[C@H](CC)[C@@]3(C)OC(=O)N(CCCCn4cc(-c5cccc(N)c5)nn4)[C@@H]3[C@@H](C)NC[C@H](C)C[C@@]2(C)OC)O1. The number of likely N-dealkylation sites (N-methyl/N-ethyl adjacent to an activating group) is 1. The zero-order chi connectivity index (χ0) is 46.2. The van der Waals surface area contributed by atoms with Crippen molar-refractivity contribution in [3.63, 3.8) is 0 Å². The van der Waals surface area contributed by atoms with E-state index in [2.05, 4.69) is 29.1 Å². The number of methoxy groups -OCH3 is 1. The Morgan fingerprint density at radius 2 is 1.86 bits per heavy atom. The Kier molecular flexibility index (Phi) is 17.3. The van der Waals surface area contributed by atoms with Gasteiger partial charge < -0.3 is 49.5 Å². The maximum absolute atomic E-state index is 14.5. The van der Waals surface area contributed by atoms with Crippen LogP contribution in [0.5, 0.6) is 0 Å². The summed E-state index contributed by atoms with van der Waals surface area (Å²) in [4.78, 5) is 46.2. The van der Waals surface area contributed by atoms with Gasteiger partial charge >= 0.3 is 12.1 Å². The van der Waals surface area contributed by atoms with Gasteiger partial charge in [0.1, 0.15) is 23.8 Å². The Labute approximate surface area is 373 Å². The average Bonchev–Trinajstić information content (AvgIpc) is 3.83. The number of aliphatic hydroxyl groups excluding tert-OH is 1. The molecule has 0 aliphatic carbocycles. The number of benzene rings is 1. The van der Waals surface area contributed by atoms with Crippen LogP contribution < -0.4 is 11.1 Å². The predicted molar refractivity (Wildman–Crippen MR) is 237 cm³/mol. The molecule has 0 radical (unpaired) electrons. The van der Waals surface area contributed by atoms with Crippen molar-refractivity contribution in [1.29, 1.82) is 0 Å². The molecule has 3 fully saturated rings. The number of hydrogen-bond acceptors (Lipinski definition) is 15. The number of ether oxygens (including phenoxy) is 6. The van der Waals surface area contributed by atoms with Crippen LogP contribution in [0.4, 0.5) is 10.5 Å². The molecule has 1 aromatic carbocycles. The van der Waals surface area contributed by atoms with E-state index in [1.54, 1.807) is 29.7 Å². The van der Waals surface area contributed by atoms with E-state index >= 15 is 0 Å². The summed E-state index contributed by atoms with van der Waals surface area (Å²) >= 11 is 0. The number of Topliss-reactive ketones (excluding diaryl/α,β-unsaturated/α-hetero) is 1. The minimum Gasteiger partial charge on any atom is -0.458 e. The summed E-state index contributed by atoms with van der Waals surface area (Å²) < 4.78 is 39.4. The van der Waals surface area contributed by atoms with E-state index in [9.17, 15) is 19.5 Å². The number of aryl methyl sites for hydroxylation is 1. The Morgan fingerprint density at radius 3 is 2.52 bits per heavy atom. The van der Waals surface area contributed by atoms with E-state index in [1.165, 1.54) is 6.92 Å². The Morgan fingerprint density at radius 1 is 1.13 bits per heavy atom. The number of carbonyl (C=O) groups excluding carboxylic acids is 3. The molecule has 3 aliphatic rings. The maximum atomic E-state index is 14.5. The minimum atomic E-state index is -1.25. The molecular weight excluding hydrogens is 811 g/mol. The van der Waals surface area contributed by atoms with E-state index in [0.29, 0.717) is 64.0 Å². The number of fused-ring (bicyclic) bond motifs is 1. The molecule has 352 valence electrons. The van der Waals surface area contributed by atoms with Gasteiger partial charge in [-0.3, -0.25) is 19.2 Å². The monoisotopic (exact) mass is 884 g/mol. The summed E-state index contributed by atoms with van der Waals surface area (Å²) in [6.07, 6.45) is 1.21. The van der Waals surface area contributed by atoms with Gasteiger partial charge in [-0.05, 0) is 98.5 Å². The van der Waals surface area contributed by atoms with Gasteiger partial charge in [0.2, 0.25) is 0 Å². The van der Waals surface area contributed by atoms with Crippen LogP contribution in [0.3, 0.4) is 0 Å². The van der Waals surface area contributed by atoms with E-state index in [-0.39, 0.29) is 24.6 Å². The minimum absolute atomic E-state index is 0.0439. The van der Waals surface area contributed by atoms with Crippen LogP contribution in [0.15, 0.2) is 43.1 Å². The molecule has 13 atom stereocenters. The van der Waals surface area contributed by atoms with E-state index in [0.717, 1.165) is 11.3 Å². The number of nitrogens with one attached hydrogen (secondary N) is 1. The first-order valence-electron chi connectivity index (χ1n) is 22.5. The normalized spacial score (nSPS) is 34.8. The molecule has 0 saturated carbocycles. The van der Waals surface area contributed by atoms with Crippen LogP contribution in [0, 0.1) is 17.8 Å². The zero-order valence-electron chi connectivity index (χ0n) is 39.0. The molecule has 0 bridgehead atoms. The van der Waals surface area contributed by atoms with Crippen LogP contribution in [-0.4, -0.2) is 155 Å². The zero-order valence-corrected chi connectivity index (χ0v) is 39.0. The molecule has 2 aromatic rings. The lowest BCUT2D eigenvalue weighted by Crippen LogP contribution is -2.61. The lowest BCUT2D eigenvalue weighted by atomic mass is 9.78. The second kappa shape index (κ2) is 21.8. The fraction of sp³-hybridized carbons (Fsp3) is 0.717. The van der Waals surface area contributed by atoms with E-state index < -0.39 is 77.6 Å². The molecule has 4 N–H and O–H groups in total. The largest absolute Gasteiger partial charge is 0.458 e. The number of carbonyl (C=O) groups is 3. The highest BCUT2D eigenvalue weighted by molar-refractivity contribution is 6.00. The summed E-state index contributed by atoms with van der Waals surface area (Å²) in [5, 5.41) is 24.0. The molecule has 5 rings (SSSR count). The molecule has 1 aromatic heterocycles. The predicted octanol–water partition coefficient (Wildman–Crippen LogP) is 4.47. The number of esters is 1. The number of aromatic nitrogens is 3. The second-order valence-electron chi connectivity index (χ2n) is 18.4. The highest BCUT2D eigenvalue weighted by Crippen LogP contribution is 2.40. The van der Waals surface area contributed by atoms with Gasteiger partial charge in [-0.25, -0.2) is 4.79 Å². The first-order valence-corrected chi connectivity index (χ1v) is 22.5. The van der Waals surface area contributed by atoms with Gasteiger partial charge in [0.15, 0.2) is 17.7 Å². The van der Waals surface area contributed by atoms with E-state index in [1.807, 2.05) is 77.2 Å². The van der Waals surface area contributed by atoms with Crippen LogP contribution in [-0.2, 0) is 44.6 Å². The average molecular weight is 884 g/mol.